The van der Waals surface area contributed by atoms with E-state index < -0.39 is 5.54 Å². The SMILES string of the molecule is Cc1cc(NC(=O)C2(N)CC2)ccc1N1CCCC1=O. The third kappa shape index (κ3) is 2.29. The van der Waals surface area contributed by atoms with Crippen LogP contribution in [0.5, 0.6) is 0 Å². The minimum Gasteiger partial charge on any atom is -0.324 e. The summed E-state index contributed by atoms with van der Waals surface area (Å²) in [5, 5.41) is 2.85. The van der Waals surface area contributed by atoms with E-state index in [0.29, 0.717) is 6.42 Å². The van der Waals surface area contributed by atoms with Crippen molar-refractivity contribution < 1.29 is 9.59 Å². The molecule has 1 heterocycles. The van der Waals surface area contributed by atoms with Gasteiger partial charge in [0.2, 0.25) is 11.8 Å². The number of nitrogens with two attached hydrogens (primary N) is 1. The van der Waals surface area contributed by atoms with Crippen molar-refractivity contribution in [1.82, 2.24) is 0 Å². The van der Waals surface area contributed by atoms with Gasteiger partial charge in [0.15, 0.2) is 0 Å². The summed E-state index contributed by atoms with van der Waals surface area (Å²) in [6.45, 7) is 2.73. The lowest BCUT2D eigenvalue weighted by atomic mass is 10.1. The van der Waals surface area contributed by atoms with Gasteiger partial charge < -0.3 is 16.0 Å². The zero-order valence-electron chi connectivity index (χ0n) is 11.6. The van der Waals surface area contributed by atoms with Gasteiger partial charge in [0, 0.05) is 24.3 Å². The van der Waals surface area contributed by atoms with E-state index in [4.69, 9.17) is 5.73 Å². The van der Waals surface area contributed by atoms with E-state index in [9.17, 15) is 9.59 Å². The largest absolute Gasteiger partial charge is 0.324 e. The van der Waals surface area contributed by atoms with Crippen LogP contribution in [0.1, 0.15) is 31.2 Å². The summed E-state index contributed by atoms with van der Waals surface area (Å²) in [5.41, 5.74) is 7.84. The molecule has 3 rings (SSSR count). The maximum Gasteiger partial charge on any atom is 0.244 e. The van der Waals surface area contributed by atoms with Crippen molar-refractivity contribution in [2.24, 2.45) is 5.73 Å². The second-order valence-electron chi connectivity index (χ2n) is 5.76. The molecule has 1 aromatic carbocycles. The van der Waals surface area contributed by atoms with Crippen LogP contribution < -0.4 is 16.0 Å². The van der Waals surface area contributed by atoms with E-state index in [2.05, 4.69) is 5.32 Å². The first kappa shape index (κ1) is 13.1. The van der Waals surface area contributed by atoms with E-state index >= 15 is 0 Å². The van der Waals surface area contributed by atoms with Gasteiger partial charge >= 0.3 is 0 Å². The number of aryl methyl sites for hydroxylation is 1. The Hall–Kier alpha value is -1.88. The monoisotopic (exact) mass is 273 g/mol. The molecule has 0 radical (unpaired) electrons. The Balaban J connectivity index is 1.77. The maximum atomic E-state index is 11.9. The summed E-state index contributed by atoms with van der Waals surface area (Å²) in [4.78, 5) is 25.5. The van der Waals surface area contributed by atoms with Crippen molar-refractivity contribution in [1.29, 1.82) is 0 Å². The number of anilines is 2. The Labute approximate surface area is 118 Å². The minimum atomic E-state index is -0.669. The summed E-state index contributed by atoms with van der Waals surface area (Å²) < 4.78 is 0. The van der Waals surface area contributed by atoms with E-state index in [1.54, 1.807) is 0 Å². The smallest absolute Gasteiger partial charge is 0.244 e. The first-order valence-electron chi connectivity index (χ1n) is 7.01. The summed E-state index contributed by atoms with van der Waals surface area (Å²) in [6, 6.07) is 5.62. The van der Waals surface area contributed by atoms with Gasteiger partial charge in [0.05, 0.1) is 5.54 Å². The Bertz CT molecular complexity index is 578. The predicted molar refractivity (Wildman–Crippen MR) is 77.5 cm³/mol. The highest BCUT2D eigenvalue weighted by Gasteiger charge is 2.45. The Kier molecular flexibility index (Phi) is 3.01. The normalized spacial score (nSPS) is 20.1. The van der Waals surface area contributed by atoms with E-state index in [-0.39, 0.29) is 11.8 Å². The molecule has 0 atom stereocenters. The van der Waals surface area contributed by atoms with Crippen molar-refractivity contribution in [3.63, 3.8) is 0 Å². The molecule has 0 aromatic heterocycles. The molecule has 20 heavy (non-hydrogen) atoms. The van der Waals surface area contributed by atoms with Gasteiger partial charge in [-0.15, -0.1) is 0 Å². The quantitative estimate of drug-likeness (QED) is 0.877. The number of nitrogens with one attached hydrogen (secondary N) is 1. The molecule has 2 amide bonds. The first-order chi connectivity index (χ1) is 9.49. The summed E-state index contributed by atoms with van der Waals surface area (Å²) in [6.07, 6.45) is 3.02. The molecule has 0 spiro atoms. The van der Waals surface area contributed by atoms with Crippen LogP contribution >= 0.6 is 0 Å². The zero-order valence-corrected chi connectivity index (χ0v) is 11.6. The van der Waals surface area contributed by atoms with Crippen molar-refractivity contribution in [3.05, 3.63) is 23.8 Å². The number of hydrogen-bond acceptors (Lipinski definition) is 3. The summed E-state index contributed by atoms with van der Waals surface area (Å²) in [7, 11) is 0. The third-order valence-electron chi connectivity index (χ3n) is 4.06. The molecule has 1 aliphatic heterocycles. The molecule has 1 saturated carbocycles. The standard InChI is InChI=1S/C15H19N3O2/c1-10-9-11(17-14(20)15(16)6-7-15)4-5-12(10)18-8-2-3-13(18)19/h4-5,9H,2-3,6-8,16H2,1H3,(H,17,20). The molecule has 1 aliphatic carbocycles. The summed E-state index contributed by atoms with van der Waals surface area (Å²) >= 11 is 0. The van der Waals surface area contributed by atoms with Crippen molar-refractivity contribution >= 4 is 23.2 Å². The van der Waals surface area contributed by atoms with Gasteiger partial charge in [-0.05, 0) is 49.9 Å². The highest BCUT2D eigenvalue weighted by Crippen LogP contribution is 2.34. The third-order valence-corrected chi connectivity index (χ3v) is 4.06. The molecule has 106 valence electrons. The fraction of sp³-hybridized carbons (Fsp3) is 0.467. The van der Waals surface area contributed by atoms with Crippen molar-refractivity contribution in [2.45, 2.75) is 38.1 Å². The molecule has 3 N–H and O–H groups in total. The lowest BCUT2D eigenvalue weighted by Crippen LogP contribution is -2.37. The molecule has 1 aromatic rings. The average molecular weight is 273 g/mol. The van der Waals surface area contributed by atoms with Gasteiger partial charge in [0.1, 0.15) is 0 Å². The number of carbonyl (C=O) groups excluding carboxylic acids is 2. The van der Waals surface area contributed by atoms with Crippen LogP contribution in [0.3, 0.4) is 0 Å². The summed E-state index contributed by atoms with van der Waals surface area (Å²) in [5.74, 6) is 0.0469. The van der Waals surface area contributed by atoms with Crippen LogP contribution in [-0.4, -0.2) is 23.9 Å². The highest BCUT2D eigenvalue weighted by molar-refractivity contribution is 6.01. The predicted octanol–water partition coefficient (Wildman–Crippen LogP) is 1.55. The van der Waals surface area contributed by atoms with E-state index in [1.165, 1.54) is 0 Å². The number of nitrogens with zero attached hydrogens (tertiary/aromatic N) is 1. The maximum absolute atomic E-state index is 11.9. The van der Waals surface area contributed by atoms with Crippen LogP contribution in [0.25, 0.3) is 0 Å². The molecular formula is C15H19N3O2. The van der Waals surface area contributed by atoms with Crippen LogP contribution in [0.2, 0.25) is 0 Å². The minimum absolute atomic E-state index is 0.123. The molecule has 0 unspecified atom stereocenters. The highest BCUT2D eigenvalue weighted by atomic mass is 16.2. The molecule has 5 nitrogen and oxygen atoms in total. The number of rotatable bonds is 3. The Morgan fingerprint density at radius 2 is 2.15 bits per heavy atom. The second-order valence-corrected chi connectivity index (χ2v) is 5.76. The fourth-order valence-electron chi connectivity index (χ4n) is 2.56. The lowest BCUT2D eigenvalue weighted by Gasteiger charge is -2.19. The van der Waals surface area contributed by atoms with Crippen molar-refractivity contribution in [3.8, 4) is 0 Å². The molecule has 1 saturated heterocycles. The van der Waals surface area contributed by atoms with Crippen molar-refractivity contribution in [2.75, 3.05) is 16.8 Å². The Morgan fingerprint density at radius 1 is 1.40 bits per heavy atom. The number of amides is 2. The topological polar surface area (TPSA) is 75.4 Å². The van der Waals surface area contributed by atoms with Gasteiger partial charge in [-0.3, -0.25) is 9.59 Å². The molecule has 2 aliphatic rings. The zero-order chi connectivity index (χ0) is 14.3. The fourth-order valence-corrected chi connectivity index (χ4v) is 2.56. The molecule has 2 fully saturated rings. The Morgan fingerprint density at radius 3 is 2.70 bits per heavy atom. The van der Waals surface area contributed by atoms with Gasteiger partial charge in [0.25, 0.3) is 0 Å². The van der Waals surface area contributed by atoms with Crippen LogP contribution in [0.4, 0.5) is 11.4 Å². The molecular weight excluding hydrogens is 254 g/mol. The first-order valence-corrected chi connectivity index (χ1v) is 7.01. The van der Waals surface area contributed by atoms with Crippen LogP contribution in [-0.2, 0) is 9.59 Å². The average Bonchev–Trinajstić information content (AvgIpc) is 3.02. The second kappa shape index (κ2) is 4.59. The van der Waals surface area contributed by atoms with E-state index in [1.807, 2.05) is 30.0 Å². The number of hydrogen-bond donors (Lipinski definition) is 2. The number of benzene rings is 1. The van der Waals surface area contributed by atoms with E-state index in [0.717, 1.165) is 42.7 Å². The lowest BCUT2D eigenvalue weighted by molar-refractivity contribution is -0.118. The van der Waals surface area contributed by atoms with Crippen LogP contribution in [0, 0.1) is 6.92 Å². The van der Waals surface area contributed by atoms with Crippen LogP contribution in [0.15, 0.2) is 18.2 Å². The molecule has 0 bridgehead atoms. The van der Waals surface area contributed by atoms with Gasteiger partial charge in [-0.25, -0.2) is 0 Å². The van der Waals surface area contributed by atoms with Gasteiger partial charge in [-0.2, -0.15) is 0 Å². The number of carbonyl (C=O) groups is 2. The molecule has 5 heteroatoms. The van der Waals surface area contributed by atoms with Gasteiger partial charge in [-0.1, -0.05) is 0 Å².